The lowest BCUT2D eigenvalue weighted by molar-refractivity contribution is -0.309. The summed E-state index contributed by atoms with van der Waals surface area (Å²) < 4.78 is 80.5. The van der Waals surface area contributed by atoms with E-state index in [1.807, 2.05) is 13.8 Å². The van der Waals surface area contributed by atoms with Gasteiger partial charge in [0.1, 0.15) is 48.8 Å². The third kappa shape index (κ3) is 10.5. The zero-order valence-corrected chi connectivity index (χ0v) is 36.3. The van der Waals surface area contributed by atoms with E-state index in [-0.39, 0.29) is 86.1 Å². The molecule has 2 saturated carbocycles. The van der Waals surface area contributed by atoms with Crippen molar-refractivity contribution < 1.29 is 76.3 Å². The van der Waals surface area contributed by atoms with Crippen molar-refractivity contribution >= 4 is 11.9 Å². The fraction of sp³-hybridized carbons (Fsp3) is 0.953. The summed E-state index contributed by atoms with van der Waals surface area (Å²) in [6.45, 7) is 8.67. The molecular weight excluding hydrogens is 772 g/mol. The number of carbonyl (C=O) groups excluding carboxylic acids is 2. The van der Waals surface area contributed by atoms with Crippen molar-refractivity contribution in [1.82, 2.24) is 0 Å². The van der Waals surface area contributed by atoms with Crippen molar-refractivity contribution in [3.8, 4) is 0 Å². The summed E-state index contributed by atoms with van der Waals surface area (Å²) in [6, 6.07) is 0. The molecule has 0 aromatic carbocycles. The summed E-state index contributed by atoms with van der Waals surface area (Å²) in [6.07, 6.45) is -4.59. The van der Waals surface area contributed by atoms with E-state index in [0.29, 0.717) is 37.5 Å². The Morgan fingerprint density at radius 1 is 0.508 bits per heavy atom. The molecule has 0 aromatic rings. The summed E-state index contributed by atoms with van der Waals surface area (Å²) in [4.78, 5) is 28.1. The first-order valence-corrected chi connectivity index (χ1v) is 21.9. The predicted molar refractivity (Wildman–Crippen MR) is 207 cm³/mol. The maximum Gasteiger partial charge on any atom is 0.308 e. The maximum absolute atomic E-state index is 14.1. The molecular formula is C43H70O16. The van der Waals surface area contributed by atoms with Gasteiger partial charge >= 0.3 is 11.9 Å². The number of rotatable bonds is 11. The molecule has 16 heteroatoms. The Balaban J connectivity index is 1.13. The molecule has 5 saturated heterocycles. The van der Waals surface area contributed by atoms with Crippen LogP contribution in [0.25, 0.3) is 0 Å². The van der Waals surface area contributed by atoms with E-state index in [2.05, 4.69) is 13.8 Å². The number of methoxy groups -OCH3 is 5. The maximum atomic E-state index is 14.1. The van der Waals surface area contributed by atoms with Gasteiger partial charge in [-0.05, 0) is 36.5 Å². The first kappa shape index (κ1) is 45.5. The number of esters is 2. The van der Waals surface area contributed by atoms with Crippen LogP contribution >= 0.6 is 0 Å². The van der Waals surface area contributed by atoms with Crippen LogP contribution in [0.15, 0.2) is 0 Å². The molecule has 0 radical (unpaired) electrons. The van der Waals surface area contributed by atoms with E-state index in [9.17, 15) is 14.7 Å². The van der Waals surface area contributed by atoms with Crippen molar-refractivity contribution in [2.24, 2.45) is 35.5 Å². The normalized spacial score (nSPS) is 49.7. The quantitative estimate of drug-likeness (QED) is 0.300. The van der Waals surface area contributed by atoms with Crippen LogP contribution in [-0.2, 0) is 71.2 Å². The summed E-state index contributed by atoms with van der Waals surface area (Å²) >= 11 is 0. The molecule has 5 aliphatic heterocycles. The Morgan fingerprint density at radius 2 is 0.932 bits per heavy atom. The van der Waals surface area contributed by atoms with Crippen LogP contribution in [0.5, 0.6) is 0 Å². The lowest BCUT2D eigenvalue weighted by Crippen LogP contribution is -2.58. The van der Waals surface area contributed by atoms with E-state index < -0.39 is 73.6 Å². The van der Waals surface area contributed by atoms with Gasteiger partial charge in [0.15, 0.2) is 12.6 Å². The number of fused-ring (bicyclic) bond motifs is 4. The first-order valence-electron chi connectivity index (χ1n) is 21.9. The highest BCUT2D eigenvalue weighted by Gasteiger charge is 2.51. The van der Waals surface area contributed by atoms with Gasteiger partial charge in [-0.2, -0.15) is 0 Å². The molecule has 5 heterocycles. The second kappa shape index (κ2) is 19.9. The highest BCUT2D eigenvalue weighted by atomic mass is 16.7. The van der Waals surface area contributed by atoms with Crippen molar-refractivity contribution in [3.05, 3.63) is 0 Å². The van der Waals surface area contributed by atoms with Gasteiger partial charge in [-0.3, -0.25) is 9.59 Å². The van der Waals surface area contributed by atoms with E-state index in [1.165, 1.54) is 14.2 Å². The van der Waals surface area contributed by atoms with Gasteiger partial charge in [0.05, 0.1) is 62.7 Å². The summed E-state index contributed by atoms with van der Waals surface area (Å²) in [5, 5.41) is 10.5. The number of cyclic esters (lactones) is 2. The Labute approximate surface area is 349 Å². The van der Waals surface area contributed by atoms with Crippen LogP contribution in [0.2, 0.25) is 0 Å². The molecule has 4 bridgehead atoms. The molecule has 59 heavy (non-hydrogen) atoms. The van der Waals surface area contributed by atoms with Gasteiger partial charge in [-0.1, -0.05) is 27.7 Å². The molecule has 8 unspecified atom stereocenters. The SMILES string of the molecule is COC1C(OC)[C@H](O)CO[C@H]1O[C@H]1C[C@H]2CC([C@H]3C[C@@H]3C)OC(=O)C[C@@H]3O[C@H](CC([C@H]4C[C@@H]4C)OC(=O)C[C@H](O2)C1C)C[C@H](O[C@@H]1OC[C@@H](OC)C(OC)C1OC)C3C. The van der Waals surface area contributed by atoms with Crippen LogP contribution < -0.4 is 0 Å². The van der Waals surface area contributed by atoms with Gasteiger partial charge in [0.25, 0.3) is 0 Å². The van der Waals surface area contributed by atoms with Gasteiger partial charge in [-0.15, -0.1) is 0 Å². The first-order chi connectivity index (χ1) is 28.3. The largest absolute Gasteiger partial charge is 0.462 e. The Hall–Kier alpha value is -1.54. The predicted octanol–water partition coefficient (Wildman–Crippen LogP) is 3.20. The average Bonchev–Trinajstić information content (AvgIpc) is 4.14. The van der Waals surface area contributed by atoms with Crippen LogP contribution in [0, 0.1) is 35.5 Å². The van der Waals surface area contributed by atoms with E-state index in [0.717, 1.165) is 12.8 Å². The molecule has 22 atom stereocenters. The van der Waals surface area contributed by atoms with E-state index in [1.54, 1.807) is 21.3 Å². The fourth-order valence-corrected chi connectivity index (χ4v) is 10.4. The second-order valence-electron chi connectivity index (χ2n) is 18.4. The second-order valence-corrected chi connectivity index (χ2v) is 18.4. The Morgan fingerprint density at radius 3 is 1.34 bits per heavy atom. The number of hydrogen-bond donors (Lipinski definition) is 1. The minimum absolute atomic E-state index is 0.0233. The lowest BCUT2D eigenvalue weighted by Gasteiger charge is -2.46. The molecule has 16 nitrogen and oxygen atoms in total. The zero-order chi connectivity index (χ0) is 42.1. The monoisotopic (exact) mass is 842 g/mol. The smallest absolute Gasteiger partial charge is 0.308 e. The molecule has 2 aliphatic carbocycles. The number of aliphatic hydroxyl groups excluding tert-OH is 1. The number of hydrogen-bond acceptors (Lipinski definition) is 16. The molecule has 0 spiro atoms. The minimum Gasteiger partial charge on any atom is -0.462 e. The van der Waals surface area contributed by atoms with Gasteiger partial charge < -0.3 is 66.7 Å². The molecule has 7 fully saturated rings. The van der Waals surface area contributed by atoms with Crippen molar-refractivity contribution in [1.29, 1.82) is 0 Å². The highest BCUT2D eigenvalue weighted by Crippen LogP contribution is 2.47. The van der Waals surface area contributed by atoms with Crippen LogP contribution in [0.4, 0.5) is 0 Å². The molecule has 7 rings (SSSR count). The van der Waals surface area contributed by atoms with Crippen molar-refractivity contribution in [2.45, 2.75) is 177 Å². The Kier molecular flexibility index (Phi) is 15.3. The lowest BCUT2D eigenvalue weighted by atomic mass is 9.85. The summed E-state index contributed by atoms with van der Waals surface area (Å²) in [7, 11) is 7.90. The molecule has 0 amide bonds. The van der Waals surface area contributed by atoms with Gasteiger partial charge in [-0.25, -0.2) is 0 Å². The molecule has 0 aromatic heterocycles. The number of ether oxygens (including phenoxy) is 13. The average molecular weight is 843 g/mol. The molecule has 338 valence electrons. The third-order valence-corrected chi connectivity index (χ3v) is 14.5. The van der Waals surface area contributed by atoms with Crippen molar-refractivity contribution in [2.75, 3.05) is 48.8 Å². The van der Waals surface area contributed by atoms with Gasteiger partial charge in [0, 0.05) is 73.1 Å². The molecule has 1 N–H and O–H groups in total. The zero-order valence-electron chi connectivity index (χ0n) is 36.3. The van der Waals surface area contributed by atoms with Crippen LogP contribution in [-0.4, -0.2) is 164 Å². The summed E-state index contributed by atoms with van der Waals surface area (Å²) in [5.74, 6) is 0.0298. The summed E-state index contributed by atoms with van der Waals surface area (Å²) in [5.41, 5.74) is 0. The molecule has 7 aliphatic rings. The van der Waals surface area contributed by atoms with E-state index in [4.69, 9.17) is 61.6 Å². The topological polar surface area (TPSA) is 174 Å². The number of carbonyl (C=O) groups is 2. The van der Waals surface area contributed by atoms with Crippen LogP contribution in [0.3, 0.4) is 0 Å². The van der Waals surface area contributed by atoms with E-state index >= 15 is 0 Å². The Bertz CT molecular complexity index is 1390. The standard InChI is InChI=1S/C43H70O16/c1-20-10-26(20)33-14-24-12-29(58-42-40(50-8)38(48-6)28(44)18-52-42)22(3)31(54-24)16-36(45)57-34(27-11-21(27)2)15-25-13-30(23(4)32(55-25)17-37(46)56-33)59-43-41(51-9)39(49-7)35(47-5)19-53-43/h20-35,38-44H,10-19H2,1-9H3/t20-,21-,22?,23?,24-,25-,26-,27-,28+,29-,30-,31-,32-,33?,34?,35+,38?,39?,40?,41?,42-,43-/m0/s1. The minimum atomic E-state index is -0.870. The van der Waals surface area contributed by atoms with Gasteiger partial charge in [0.2, 0.25) is 0 Å². The highest BCUT2D eigenvalue weighted by molar-refractivity contribution is 5.71. The fourth-order valence-electron chi connectivity index (χ4n) is 10.4. The van der Waals surface area contributed by atoms with Crippen molar-refractivity contribution in [3.63, 3.8) is 0 Å². The van der Waals surface area contributed by atoms with Crippen LogP contribution in [0.1, 0.15) is 79.1 Å². The third-order valence-electron chi connectivity index (χ3n) is 14.5. The number of aliphatic hydroxyl groups is 1.